The van der Waals surface area contributed by atoms with Crippen LogP contribution >= 0.6 is 0 Å². The maximum absolute atomic E-state index is 11.9. The number of aryl methyl sites for hydroxylation is 1. The zero-order chi connectivity index (χ0) is 15.5. The van der Waals surface area contributed by atoms with Crippen molar-refractivity contribution in [2.45, 2.75) is 38.6 Å². The maximum atomic E-state index is 11.9. The third kappa shape index (κ3) is 3.39. The molecule has 1 amide bonds. The number of fused-ring (bicyclic) bond motifs is 1. The average Bonchev–Trinajstić information content (AvgIpc) is 2.87. The van der Waals surface area contributed by atoms with E-state index in [1.165, 1.54) is 6.92 Å². The Balaban J connectivity index is 1.96. The van der Waals surface area contributed by atoms with Gasteiger partial charge in [0.05, 0.1) is 0 Å². The zero-order valence-electron chi connectivity index (χ0n) is 12.0. The molecule has 6 heteroatoms. The third-order valence-electron chi connectivity index (χ3n) is 3.50. The first kappa shape index (κ1) is 15.0. The van der Waals surface area contributed by atoms with Gasteiger partial charge in [0, 0.05) is 12.8 Å². The molecule has 112 valence electrons. The van der Waals surface area contributed by atoms with Crippen molar-refractivity contribution in [3.05, 3.63) is 30.2 Å². The Bertz CT molecular complexity index is 631. The molecular formula is C15H18N2O4. The smallest absolute Gasteiger partial charge is 0.329 e. The van der Waals surface area contributed by atoms with Crippen LogP contribution in [0.2, 0.25) is 0 Å². The van der Waals surface area contributed by atoms with Gasteiger partial charge in [0.1, 0.15) is 11.1 Å². The van der Waals surface area contributed by atoms with E-state index < -0.39 is 11.5 Å². The molecule has 21 heavy (non-hydrogen) atoms. The van der Waals surface area contributed by atoms with Gasteiger partial charge in [0.2, 0.25) is 5.91 Å². The molecule has 1 atom stereocenters. The van der Waals surface area contributed by atoms with Crippen LogP contribution in [0.3, 0.4) is 0 Å². The largest absolute Gasteiger partial charge is 0.480 e. The van der Waals surface area contributed by atoms with E-state index in [1.54, 1.807) is 6.92 Å². The number of benzene rings is 1. The number of carbonyl (C=O) groups excluding carboxylic acids is 1. The summed E-state index contributed by atoms with van der Waals surface area (Å²) in [4.78, 5) is 27.3. The highest BCUT2D eigenvalue weighted by molar-refractivity contribution is 5.86. The molecule has 2 N–H and O–H groups in total. The molecule has 0 saturated heterocycles. The third-order valence-corrected chi connectivity index (χ3v) is 3.50. The molecule has 0 bridgehead atoms. The summed E-state index contributed by atoms with van der Waals surface area (Å²) in [5.74, 6) is -0.899. The highest BCUT2D eigenvalue weighted by Gasteiger charge is 2.32. The molecule has 0 aliphatic heterocycles. The Kier molecular flexibility index (Phi) is 4.26. The lowest BCUT2D eigenvalue weighted by atomic mass is 9.99. The number of rotatable bonds is 6. The van der Waals surface area contributed by atoms with E-state index in [4.69, 9.17) is 9.52 Å². The van der Waals surface area contributed by atoms with Crippen LogP contribution in [0.25, 0.3) is 11.1 Å². The zero-order valence-corrected chi connectivity index (χ0v) is 12.0. The van der Waals surface area contributed by atoms with Crippen molar-refractivity contribution in [2.24, 2.45) is 0 Å². The van der Waals surface area contributed by atoms with Crippen LogP contribution in [-0.2, 0) is 16.0 Å². The predicted octanol–water partition coefficient (Wildman–Crippen LogP) is 2.13. The Morgan fingerprint density at radius 2 is 2.10 bits per heavy atom. The number of para-hydroxylation sites is 2. The lowest BCUT2D eigenvalue weighted by molar-refractivity contribution is -0.147. The highest BCUT2D eigenvalue weighted by Crippen LogP contribution is 2.16. The quantitative estimate of drug-likeness (QED) is 0.850. The SMILES string of the molecule is CCC(C)(NC(=O)CCc1nc2ccccc2o1)C(=O)O. The number of oxazole rings is 1. The molecule has 0 spiro atoms. The van der Waals surface area contributed by atoms with E-state index in [9.17, 15) is 9.59 Å². The van der Waals surface area contributed by atoms with Gasteiger partial charge in [-0.1, -0.05) is 19.1 Å². The number of hydrogen-bond donors (Lipinski definition) is 2. The summed E-state index contributed by atoms with van der Waals surface area (Å²) in [5, 5.41) is 11.7. The van der Waals surface area contributed by atoms with Crippen molar-refractivity contribution in [3.63, 3.8) is 0 Å². The molecule has 0 aliphatic rings. The standard InChI is InChI=1S/C15H18N2O4/c1-3-15(2,14(19)20)17-12(18)8-9-13-16-10-6-4-5-7-11(10)21-13/h4-7H,3,8-9H2,1-2H3,(H,17,18)(H,19,20). The molecule has 1 unspecified atom stereocenters. The summed E-state index contributed by atoms with van der Waals surface area (Å²) in [6, 6.07) is 7.36. The summed E-state index contributed by atoms with van der Waals surface area (Å²) in [6.45, 7) is 3.21. The second kappa shape index (κ2) is 5.95. The normalized spacial score (nSPS) is 13.8. The topological polar surface area (TPSA) is 92.4 Å². The maximum Gasteiger partial charge on any atom is 0.329 e. The van der Waals surface area contributed by atoms with Crippen molar-refractivity contribution in [3.8, 4) is 0 Å². The summed E-state index contributed by atoms with van der Waals surface area (Å²) < 4.78 is 5.51. The molecule has 6 nitrogen and oxygen atoms in total. The Morgan fingerprint density at radius 1 is 1.38 bits per heavy atom. The lowest BCUT2D eigenvalue weighted by Gasteiger charge is -2.24. The van der Waals surface area contributed by atoms with Gasteiger partial charge in [-0.15, -0.1) is 0 Å². The van der Waals surface area contributed by atoms with E-state index in [0.717, 1.165) is 5.52 Å². The summed E-state index contributed by atoms with van der Waals surface area (Å²) >= 11 is 0. The van der Waals surface area contributed by atoms with Crippen LogP contribution in [0, 0.1) is 0 Å². The van der Waals surface area contributed by atoms with Gasteiger partial charge in [-0.05, 0) is 25.5 Å². The fourth-order valence-corrected chi connectivity index (χ4v) is 1.91. The Morgan fingerprint density at radius 3 is 2.71 bits per heavy atom. The van der Waals surface area contributed by atoms with E-state index >= 15 is 0 Å². The first-order chi connectivity index (χ1) is 9.94. The van der Waals surface area contributed by atoms with Gasteiger partial charge in [-0.2, -0.15) is 0 Å². The number of nitrogens with one attached hydrogen (secondary N) is 1. The molecule has 1 heterocycles. The van der Waals surface area contributed by atoms with Gasteiger partial charge >= 0.3 is 5.97 Å². The van der Waals surface area contributed by atoms with Crippen molar-refractivity contribution < 1.29 is 19.1 Å². The van der Waals surface area contributed by atoms with E-state index in [-0.39, 0.29) is 12.3 Å². The van der Waals surface area contributed by atoms with Crippen LogP contribution in [0.15, 0.2) is 28.7 Å². The molecule has 0 radical (unpaired) electrons. The minimum atomic E-state index is -1.24. The highest BCUT2D eigenvalue weighted by atomic mass is 16.4. The summed E-state index contributed by atoms with van der Waals surface area (Å²) in [6.07, 6.45) is 0.784. The minimum absolute atomic E-state index is 0.135. The van der Waals surface area contributed by atoms with Crippen LogP contribution in [0.5, 0.6) is 0 Å². The first-order valence-corrected chi connectivity index (χ1v) is 6.83. The monoisotopic (exact) mass is 290 g/mol. The second-order valence-corrected chi connectivity index (χ2v) is 5.11. The van der Waals surface area contributed by atoms with Gasteiger partial charge < -0.3 is 14.8 Å². The molecule has 2 rings (SSSR count). The van der Waals surface area contributed by atoms with E-state index in [2.05, 4.69) is 10.3 Å². The summed E-state index contributed by atoms with van der Waals surface area (Å²) in [5.41, 5.74) is 0.187. The number of carbonyl (C=O) groups is 2. The Hall–Kier alpha value is -2.37. The number of aromatic nitrogens is 1. The van der Waals surface area contributed by atoms with Crippen molar-refractivity contribution in [1.29, 1.82) is 0 Å². The number of aliphatic carboxylic acids is 1. The second-order valence-electron chi connectivity index (χ2n) is 5.11. The molecule has 0 aliphatic carbocycles. The molecule has 1 aromatic heterocycles. The fourth-order valence-electron chi connectivity index (χ4n) is 1.91. The van der Waals surface area contributed by atoms with Gasteiger partial charge in [-0.25, -0.2) is 9.78 Å². The number of nitrogens with zero attached hydrogens (tertiary/aromatic N) is 1. The van der Waals surface area contributed by atoms with Crippen molar-refractivity contribution in [1.82, 2.24) is 10.3 Å². The van der Waals surface area contributed by atoms with Gasteiger partial charge in [0.25, 0.3) is 0 Å². The molecule has 2 aromatic rings. The number of carboxylic acid groups (broad SMARTS) is 1. The molecule has 0 saturated carbocycles. The van der Waals surface area contributed by atoms with Crippen molar-refractivity contribution >= 4 is 23.0 Å². The van der Waals surface area contributed by atoms with Crippen LogP contribution in [0.1, 0.15) is 32.6 Å². The molecule has 0 fully saturated rings. The minimum Gasteiger partial charge on any atom is -0.480 e. The number of hydrogen-bond acceptors (Lipinski definition) is 4. The van der Waals surface area contributed by atoms with Crippen LogP contribution in [-0.4, -0.2) is 27.5 Å². The fraction of sp³-hybridized carbons (Fsp3) is 0.400. The van der Waals surface area contributed by atoms with Gasteiger partial charge in [-0.3, -0.25) is 4.79 Å². The lowest BCUT2D eigenvalue weighted by Crippen LogP contribution is -2.51. The molecular weight excluding hydrogens is 272 g/mol. The predicted molar refractivity (Wildman–Crippen MR) is 76.8 cm³/mol. The number of carboxylic acids is 1. The van der Waals surface area contributed by atoms with Gasteiger partial charge in [0.15, 0.2) is 11.5 Å². The van der Waals surface area contributed by atoms with E-state index in [1.807, 2.05) is 24.3 Å². The Labute approximate surface area is 122 Å². The van der Waals surface area contributed by atoms with Crippen LogP contribution < -0.4 is 5.32 Å². The van der Waals surface area contributed by atoms with Crippen molar-refractivity contribution in [2.75, 3.05) is 0 Å². The first-order valence-electron chi connectivity index (χ1n) is 6.83. The number of amides is 1. The average molecular weight is 290 g/mol. The van der Waals surface area contributed by atoms with E-state index in [0.29, 0.717) is 24.3 Å². The summed E-state index contributed by atoms with van der Waals surface area (Å²) in [7, 11) is 0. The molecule has 1 aromatic carbocycles. The van der Waals surface area contributed by atoms with Crippen LogP contribution in [0.4, 0.5) is 0 Å².